The normalized spacial score (nSPS) is 30.1. The van der Waals surface area contributed by atoms with Gasteiger partial charge in [0.15, 0.2) is 0 Å². The molecule has 0 saturated heterocycles. The summed E-state index contributed by atoms with van der Waals surface area (Å²) >= 11 is 0. The Bertz CT molecular complexity index is 333. The number of pyridine rings is 1. The first kappa shape index (κ1) is 6.46. The van der Waals surface area contributed by atoms with Crippen LogP contribution in [-0.2, 0) is 0 Å². The second-order valence-corrected chi connectivity index (χ2v) is 3.89. The van der Waals surface area contributed by atoms with Crippen LogP contribution in [0.2, 0.25) is 0 Å². The maximum Gasteiger partial charge on any atom is 0.129 e. The van der Waals surface area contributed by atoms with E-state index in [4.69, 9.17) is 0 Å². The predicted molar refractivity (Wildman–Crippen MR) is 48.4 cm³/mol. The van der Waals surface area contributed by atoms with Gasteiger partial charge in [-0.3, -0.25) is 0 Å². The van der Waals surface area contributed by atoms with E-state index < -0.39 is 0 Å². The average molecular weight is 160 g/mol. The van der Waals surface area contributed by atoms with Gasteiger partial charge in [0, 0.05) is 18.2 Å². The molecule has 2 heterocycles. The summed E-state index contributed by atoms with van der Waals surface area (Å²) in [7, 11) is 0. The van der Waals surface area contributed by atoms with Crippen LogP contribution >= 0.6 is 0 Å². The standard InChI is InChI=1S/C10H12N2/c1-6-4-8-7-2-3-9(7)12-10(8)11-5-6/h4-5,7,9H,2-3H2,1H3,(H,11,12)/t7-,9?/m0/s1. The molecule has 1 unspecified atom stereocenters. The van der Waals surface area contributed by atoms with Crippen molar-refractivity contribution in [3.8, 4) is 0 Å². The fourth-order valence-electron chi connectivity index (χ4n) is 2.22. The van der Waals surface area contributed by atoms with Gasteiger partial charge in [0.2, 0.25) is 0 Å². The minimum absolute atomic E-state index is 0.703. The molecule has 0 bridgehead atoms. The van der Waals surface area contributed by atoms with Crippen molar-refractivity contribution < 1.29 is 0 Å². The summed E-state index contributed by atoms with van der Waals surface area (Å²) in [5.41, 5.74) is 2.73. The number of nitrogens with zero attached hydrogens (tertiary/aromatic N) is 1. The Morgan fingerprint density at radius 1 is 1.50 bits per heavy atom. The number of fused-ring (bicyclic) bond motifs is 3. The minimum Gasteiger partial charge on any atom is -0.366 e. The van der Waals surface area contributed by atoms with Crippen molar-refractivity contribution in [2.24, 2.45) is 0 Å². The Labute approximate surface area is 72.0 Å². The van der Waals surface area contributed by atoms with E-state index in [1.54, 1.807) is 0 Å². The molecule has 1 aromatic heterocycles. The average Bonchev–Trinajstić information content (AvgIpc) is 2.22. The Hall–Kier alpha value is -1.05. The van der Waals surface area contributed by atoms with Crippen molar-refractivity contribution in [2.45, 2.75) is 31.7 Å². The van der Waals surface area contributed by atoms with E-state index in [0.717, 1.165) is 11.7 Å². The molecular weight excluding hydrogens is 148 g/mol. The molecule has 0 amide bonds. The second-order valence-electron chi connectivity index (χ2n) is 3.89. The zero-order valence-electron chi connectivity index (χ0n) is 7.17. The number of aromatic nitrogens is 1. The molecule has 1 fully saturated rings. The van der Waals surface area contributed by atoms with Gasteiger partial charge >= 0.3 is 0 Å². The number of anilines is 1. The third-order valence-corrected chi connectivity index (χ3v) is 3.05. The molecule has 1 aliphatic heterocycles. The van der Waals surface area contributed by atoms with Gasteiger partial charge in [-0.25, -0.2) is 4.98 Å². The van der Waals surface area contributed by atoms with Gasteiger partial charge in [0.05, 0.1) is 0 Å². The molecule has 2 atom stereocenters. The van der Waals surface area contributed by atoms with Crippen LogP contribution in [0.15, 0.2) is 12.3 Å². The maximum absolute atomic E-state index is 4.39. The van der Waals surface area contributed by atoms with Crippen molar-refractivity contribution in [1.29, 1.82) is 0 Å². The zero-order valence-corrected chi connectivity index (χ0v) is 7.17. The van der Waals surface area contributed by atoms with Crippen LogP contribution in [0.5, 0.6) is 0 Å². The highest BCUT2D eigenvalue weighted by Gasteiger charge is 2.39. The number of rotatable bonds is 0. The lowest BCUT2D eigenvalue weighted by Gasteiger charge is -2.29. The molecule has 12 heavy (non-hydrogen) atoms. The fraction of sp³-hybridized carbons (Fsp3) is 0.500. The predicted octanol–water partition coefficient (Wildman–Crippen LogP) is 2.06. The molecule has 62 valence electrons. The molecule has 2 nitrogen and oxygen atoms in total. The van der Waals surface area contributed by atoms with Crippen LogP contribution in [-0.4, -0.2) is 11.0 Å². The summed E-state index contributed by atoms with van der Waals surface area (Å²) in [6.07, 6.45) is 4.60. The lowest BCUT2D eigenvalue weighted by molar-refractivity contribution is 0.391. The molecule has 2 aliphatic rings. The van der Waals surface area contributed by atoms with Gasteiger partial charge in [-0.2, -0.15) is 0 Å². The van der Waals surface area contributed by atoms with Gasteiger partial charge in [-0.1, -0.05) is 6.07 Å². The highest BCUT2D eigenvalue weighted by Crippen LogP contribution is 2.46. The van der Waals surface area contributed by atoms with E-state index in [1.165, 1.54) is 24.0 Å². The van der Waals surface area contributed by atoms with Crippen LogP contribution < -0.4 is 5.32 Å². The molecule has 0 aromatic carbocycles. The van der Waals surface area contributed by atoms with Gasteiger partial charge in [0.25, 0.3) is 0 Å². The molecule has 3 rings (SSSR count). The van der Waals surface area contributed by atoms with Gasteiger partial charge in [0.1, 0.15) is 5.82 Å². The second kappa shape index (κ2) is 2.00. The van der Waals surface area contributed by atoms with Crippen LogP contribution in [0.4, 0.5) is 5.82 Å². The number of nitrogens with one attached hydrogen (secondary N) is 1. The zero-order chi connectivity index (χ0) is 8.13. The summed E-state index contributed by atoms with van der Waals surface area (Å²) in [5.74, 6) is 1.90. The lowest BCUT2D eigenvalue weighted by Crippen LogP contribution is -2.30. The quantitative estimate of drug-likeness (QED) is 0.628. The first-order valence-electron chi connectivity index (χ1n) is 4.58. The van der Waals surface area contributed by atoms with Gasteiger partial charge < -0.3 is 5.32 Å². The van der Waals surface area contributed by atoms with E-state index >= 15 is 0 Å². The van der Waals surface area contributed by atoms with E-state index in [2.05, 4.69) is 23.3 Å². The van der Waals surface area contributed by atoms with Crippen molar-refractivity contribution in [3.05, 3.63) is 23.4 Å². The molecule has 1 aliphatic carbocycles. The number of aryl methyl sites for hydroxylation is 1. The van der Waals surface area contributed by atoms with Gasteiger partial charge in [-0.05, 0) is 30.9 Å². The Kier molecular flexibility index (Phi) is 1.08. The summed E-state index contributed by atoms with van der Waals surface area (Å²) in [4.78, 5) is 4.39. The molecule has 2 heteroatoms. The topological polar surface area (TPSA) is 24.9 Å². The van der Waals surface area contributed by atoms with E-state index in [1.807, 2.05) is 6.20 Å². The highest BCUT2D eigenvalue weighted by molar-refractivity contribution is 5.56. The number of hydrogen-bond donors (Lipinski definition) is 1. The van der Waals surface area contributed by atoms with E-state index in [-0.39, 0.29) is 0 Å². The summed E-state index contributed by atoms with van der Waals surface area (Å²) in [6.45, 7) is 2.11. The summed E-state index contributed by atoms with van der Waals surface area (Å²) < 4.78 is 0. The molecule has 1 saturated carbocycles. The molecular formula is C10H12N2. The van der Waals surface area contributed by atoms with Crippen molar-refractivity contribution in [3.63, 3.8) is 0 Å². The van der Waals surface area contributed by atoms with Crippen molar-refractivity contribution in [2.75, 3.05) is 5.32 Å². The fourth-order valence-corrected chi connectivity index (χ4v) is 2.22. The van der Waals surface area contributed by atoms with Crippen molar-refractivity contribution in [1.82, 2.24) is 4.98 Å². The van der Waals surface area contributed by atoms with E-state index in [0.29, 0.717) is 6.04 Å². The largest absolute Gasteiger partial charge is 0.366 e. The summed E-state index contributed by atoms with van der Waals surface area (Å²) in [6, 6.07) is 2.98. The Morgan fingerprint density at radius 3 is 3.17 bits per heavy atom. The SMILES string of the molecule is Cc1cnc2c(c1)[C@@H]1CCC1N2. The molecule has 0 radical (unpaired) electrons. The number of hydrogen-bond acceptors (Lipinski definition) is 2. The molecule has 1 N–H and O–H groups in total. The lowest BCUT2D eigenvalue weighted by atomic mass is 9.78. The van der Waals surface area contributed by atoms with Crippen molar-refractivity contribution >= 4 is 5.82 Å². The van der Waals surface area contributed by atoms with Gasteiger partial charge in [-0.15, -0.1) is 0 Å². The third-order valence-electron chi connectivity index (χ3n) is 3.05. The Balaban J connectivity index is 2.13. The highest BCUT2D eigenvalue weighted by atomic mass is 15.1. The van der Waals surface area contributed by atoms with Crippen LogP contribution in [0.3, 0.4) is 0 Å². The summed E-state index contributed by atoms with van der Waals surface area (Å²) in [5, 5.41) is 3.45. The first-order chi connectivity index (χ1) is 5.84. The molecule has 1 aromatic rings. The molecule has 0 spiro atoms. The minimum atomic E-state index is 0.703. The third kappa shape index (κ3) is 0.675. The maximum atomic E-state index is 4.39. The van der Waals surface area contributed by atoms with Crippen LogP contribution in [0, 0.1) is 6.92 Å². The smallest absolute Gasteiger partial charge is 0.129 e. The monoisotopic (exact) mass is 160 g/mol. The van der Waals surface area contributed by atoms with Crippen LogP contribution in [0.25, 0.3) is 0 Å². The van der Waals surface area contributed by atoms with Crippen LogP contribution in [0.1, 0.15) is 29.9 Å². The van der Waals surface area contributed by atoms with E-state index in [9.17, 15) is 0 Å². The first-order valence-corrected chi connectivity index (χ1v) is 4.58. The Morgan fingerprint density at radius 2 is 2.42 bits per heavy atom.